The Bertz CT molecular complexity index is 970. The Morgan fingerprint density at radius 1 is 1.23 bits per heavy atom. The largest absolute Gasteiger partial charge is 0.456 e. The van der Waals surface area contributed by atoms with E-state index in [1.165, 1.54) is 0 Å². The molecule has 130 valence electrons. The van der Waals surface area contributed by atoms with Crippen molar-refractivity contribution in [1.82, 2.24) is 5.32 Å². The Labute approximate surface area is 159 Å². The van der Waals surface area contributed by atoms with E-state index < -0.39 is 0 Å². The van der Waals surface area contributed by atoms with Crippen LogP contribution in [0.1, 0.15) is 23.5 Å². The maximum absolute atomic E-state index is 12.0. The number of carbonyl (C=O) groups excluding carboxylic acids is 2. The van der Waals surface area contributed by atoms with E-state index in [-0.39, 0.29) is 22.3 Å². The fraction of sp³-hybridized carbons (Fsp3) is 0.211. The van der Waals surface area contributed by atoms with Crippen LogP contribution in [-0.4, -0.2) is 16.4 Å². The van der Waals surface area contributed by atoms with Crippen molar-refractivity contribution in [2.75, 3.05) is 0 Å². The molecule has 5 nitrogen and oxygen atoms in total. The van der Waals surface area contributed by atoms with Crippen LogP contribution in [0.15, 0.2) is 36.4 Å². The van der Waals surface area contributed by atoms with E-state index in [4.69, 9.17) is 22.9 Å². The normalized spacial score (nSPS) is 21.2. The van der Waals surface area contributed by atoms with Gasteiger partial charge in [-0.25, -0.2) is 4.85 Å². The number of nitrogens with one attached hydrogen (secondary N) is 1. The maximum atomic E-state index is 12.0. The van der Waals surface area contributed by atoms with Crippen LogP contribution in [0.3, 0.4) is 0 Å². The number of hydrogen-bond donors (Lipinski definition) is 1. The second-order valence-corrected chi connectivity index (χ2v) is 7.67. The number of hydrogen-bond acceptors (Lipinski definition) is 4. The van der Waals surface area contributed by atoms with Crippen molar-refractivity contribution in [1.29, 1.82) is 0 Å². The van der Waals surface area contributed by atoms with E-state index in [1.807, 2.05) is 18.2 Å². The molecule has 0 radical (unpaired) electrons. The fourth-order valence-corrected chi connectivity index (χ4v) is 4.63. The highest BCUT2D eigenvalue weighted by Crippen LogP contribution is 2.43. The number of amides is 2. The van der Waals surface area contributed by atoms with Gasteiger partial charge >= 0.3 is 0 Å². The van der Waals surface area contributed by atoms with Gasteiger partial charge in [0.1, 0.15) is 16.7 Å². The molecule has 2 aromatic carbocycles. The van der Waals surface area contributed by atoms with Crippen LogP contribution in [0.5, 0.6) is 11.5 Å². The van der Waals surface area contributed by atoms with E-state index in [0.717, 1.165) is 35.7 Å². The number of fused-ring (bicyclic) bond motifs is 1. The van der Waals surface area contributed by atoms with Crippen molar-refractivity contribution in [3.8, 4) is 11.5 Å². The first kappa shape index (κ1) is 17.0. The first-order valence-electron chi connectivity index (χ1n) is 8.04. The van der Waals surface area contributed by atoms with Crippen molar-refractivity contribution in [3.05, 3.63) is 64.0 Å². The summed E-state index contributed by atoms with van der Waals surface area (Å²) in [7, 11) is 0. The molecule has 1 aliphatic heterocycles. The molecule has 0 aromatic heterocycles. The Kier molecular flexibility index (Phi) is 4.35. The Balaban J connectivity index is 1.56. The Morgan fingerprint density at radius 2 is 2.08 bits per heavy atom. The van der Waals surface area contributed by atoms with Crippen LogP contribution >= 0.6 is 23.4 Å². The standard InChI is InChI=1S/C19H13ClN2O3S/c1-21-11-3-7-16(15(20)9-11)25-12-4-6-13-10(8-12)2-5-14(13)17-18(23)22-19(24)26-17/h3-4,6-9,14,17H,2,5H2,(H,22,23,24)/t14-,17?/m1/s1. The van der Waals surface area contributed by atoms with Crippen molar-refractivity contribution in [2.45, 2.75) is 24.0 Å². The number of imide groups is 1. The summed E-state index contributed by atoms with van der Waals surface area (Å²) in [6, 6.07) is 10.7. The number of halogens is 1. The van der Waals surface area contributed by atoms with Crippen LogP contribution in [0.4, 0.5) is 10.5 Å². The first-order chi connectivity index (χ1) is 12.5. The van der Waals surface area contributed by atoms with Crippen LogP contribution in [0, 0.1) is 6.57 Å². The summed E-state index contributed by atoms with van der Waals surface area (Å²) in [5.74, 6) is 0.980. The molecule has 2 atom stereocenters. The van der Waals surface area contributed by atoms with Gasteiger partial charge in [0, 0.05) is 5.92 Å². The second kappa shape index (κ2) is 6.67. The lowest BCUT2D eigenvalue weighted by Gasteiger charge is -2.16. The van der Waals surface area contributed by atoms with E-state index in [0.29, 0.717) is 22.2 Å². The molecule has 2 aliphatic rings. The van der Waals surface area contributed by atoms with Gasteiger partial charge in [-0.15, -0.1) is 0 Å². The second-order valence-electron chi connectivity index (χ2n) is 6.15. The molecule has 2 amide bonds. The highest BCUT2D eigenvalue weighted by atomic mass is 35.5. The molecule has 1 heterocycles. The predicted octanol–water partition coefficient (Wildman–Crippen LogP) is 5.06. The fourth-order valence-electron chi connectivity index (χ4n) is 3.41. The zero-order chi connectivity index (χ0) is 18.3. The molecular formula is C19H13ClN2O3S. The third kappa shape index (κ3) is 3.05. The summed E-state index contributed by atoms with van der Waals surface area (Å²) >= 11 is 7.24. The first-order valence-corrected chi connectivity index (χ1v) is 9.30. The minimum atomic E-state index is -0.355. The molecule has 0 spiro atoms. The van der Waals surface area contributed by atoms with Gasteiger partial charge in [0.15, 0.2) is 5.69 Å². The Hall–Kier alpha value is -2.49. The molecular weight excluding hydrogens is 372 g/mol. The van der Waals surface area contributed by atoms with Crippen molar-refractivity contribution in [2.24, 2.45) is 0 Å². The zero-order valence-corrected chi connectivity index (χ0v) is 15.1. The summed E-state index contributed by atoms with van der Waals surface area (Å²) in [6.07, 6.45) is 1.66. The van der Waals surface area contributed by atoms with Crippen LogP contribution in [-0.2, 0) is 11.2 Å². The Morgan fingerprint density at radius 3 is 2.77 bits per heavy atom. The number of rotatable bonds is 3. The molecule has 1 N–H and O–H groups in total. The zero-order valence-electron chi connectivity index (χ0n) is 13.5. The summed E-state index contributed by atoms with van der Waals surface area (Å²) in [6.45, 7) is 7.01. The molecule has 0 saturated carbocycles. The summed E-state index contributed by atoms with van der Waals surface area (Å²) in [5.41, 5.74) is 2.67. The van der Waals surface area contributed by atoms with Crippen molar-refractivity contribution >= 4 is 40.2 Å². The molecule has 7 heteroatoms. The summed E-state index contributed by atoms with van der Waals surface area (Å²) in [4.78, 5) is 26.7. The van der Waals surface area contributed by atoms with Crippen LogP contribution < -0.4 is 10.1 Å². The number of aryl methyl sites for hydroxylation is 1. The topological polar surface area (TPSA) is 59.8 Å². The van der Waals surface area contributed by atoms with Crippen LogP contribution in [0.2, 0.25) is 5.02 Å². The lowest BCUT2D eigenvalue weighted by molar-refractivity contribution is -0.119. The molecule has 4 rings (SSSR count). The number of thioether (sulfide) groups is 1. The number of carbonyl (C=O) groups is 2. The summed E-state index contributed by atoms with van der Waals surface area (Å²) < 4.78 is 5.86. The van der Waals surface area contributed by atoms with Gasteiger partial charge in [0.05, 0.1) is 11.6 Å². The monoisotopic (exact) mass is 384 g/mol. The average Bonchev–Trinajstić information content (AvgIpc) is 3.18. The highest BCUT2D eigenvalue weighted by molar-refractivity contribution is 8.15. The lowest BCUT2D eigenvalue weighted by Crippen LogP contribution is -2.27. The molecule has 2 aromatic rings. The van der Waals surface area contributed by atoms with Crippen LogP contribution in [0.25, 0.3) is 4.85 Å². The number of nitrogens with zero attached hydrogens (tertiary/aromatic N) is 1. The number of benzene rings is 2. The minimum absolute atomic E-state index is 0.0389. The molecule has 1 fully saturated rings. The third-order valence-corrected chi connectivity index (χ3v) is 6.00. The van der Waals surface area contributed by atoms with Gasteiger partial charge in [-0.2, -0.15) is 0 Å². The van der Waals surface area contributed by atoms with Gasteiger partial charge in [-0.3, -0.25) is 14.9 Å². The van der Waals surface area contributed by atoms with Crippen molar-refractivity contribution < 1.29 is 14.3 Å². The van der Waals surface area contributed by atoms with Gasteiger partial charge in [0.2, 0.25) is 5.91 Å². The van der Waals surface area contributed by atoms with Gasteiger partial charge in [0.25, 0.3) is 5.24 Å². The molecule has 1 saturated heterocycles. The SMILES string of the molecule is [C-]#[N+]c1ccc(Oc2ccc3c(c2)CC[C@H]3C2SC(=O)NC2=O)c(Cl)c1. The highest BCUT2D eigenvalue weighted by Gasteiger charge is 2.41. The van der Waals surface area contributed by atoms with Gasteiger partial charge in [-0.1, -0.05) is 35.5 Å². The smallest absolute Gasteiger partial charge is 0.286 e. The van der Waals surface area contributed by atoms with Gasteiger partial charge < -0.3 is 4.74 Å². The quantitative estimate of drug-likeness (QED) is 0.751. The predicted molar refractivity (Wildman–Crippen MR) is 100 cm³/mol. The average molecular weight is 385 g/mol. The summed E-state index contributed by atoms with van der Waals surface area (Å²) in [5, 5.41) is 2.11. The van der Waals surface area contributed by atoms with E-state index in [1.54, 1.807) is 18.2 Å². The van der Waals surface area contributed by atoms with Gasteiger partial charge in [-0.05, 0) is 48.2 Å². The molecule has 0 bridgehead atoms. The molecule has 1 unspecified atom stereocenters. The van der Waals surface area contributed by atoms with E-state index in [9.17, 15) is 9.59 Å². The molecule has 26 heavy (non-hydrogen) atoms. The number of ether oxygens (including phenoxy) is 1. The third-order valence-electron chi connectivity index (χ3n) is 4.59. The minimum Gasteiger partial charge on any atom is -0.456 e. The molecule has 1 aliphatic carbocycles. The maximum Gasteiger partial charge on any atom is 0.286 e. The van der Waals surface area contributed by atoms with E-state index >= 15 is 0 Å². The lowest BCUT2D eigenvalue weighted by atomic mass is 9.97. The van der Waals surface area contributed by atoms with Crippen molar-refractivity contribution in [3.63, 3.8) is 0 Å². The van der Waals surface area contributed by atoms with E-state index in [2.05, 4.69) is 10.2 Å².